The molecule has 1 aliphatic heterocycles. The van der Waals surface area contributed by atoms with Crippen molar-refractivity contribution in [3.8, 4) is 0 Å². The predicted octanol–water partition coefficient (Wildman–Crippen LogP) is 3.41. The van der Waals surface area contributed by atoms with Crippen LogP contribution >= 0.6 is 22.9 Å². The Morgan fingerprint density at radius 2 is 2.44 bits per heavy atom. The van der Waals surface area contributed by atoms with Crippen molar-refractivity contribution in [2.45, 2.75) is 6.92 Å². The van der Waals surface area contributed by atoms with E-state index in [-0.39, 0.29) is 0 Å². The van der Waals surface area contributed by atoms with Gasteiger partial charge in [-0.05, 0) is 24.4 Å². The molecule has 82 valence electrons. The number of hydrogen-bond acceptors (Lipinski definition) is 4. The molecule has 0 spiro atoms. The number of hydrazone groups is 1. The van der Waals surface area contributed by atoms with Gasteiger partial charge in [-0.25, -0.2) is 10.0 Å². The minimum absolute atomic E-state index is 0.501. The molecular formula is C11H10ClN3S. The summed E-state index contributed by atoms with van der Waals surface area (Å²) >= 11 is 7.73. The minimum Gasteiger partial charge on any atom is -0.228 e. The molecule has 0 aliphatic carbocycles. The van der Waals surface area contributed by atoms with Crippen LogP contribution in [0.1, 0.15) is 11.8 Å². The molecule has 1 aliphatic rings. The van der Waals surface area contributed by atoms with Crippen LogP contribution in [0.2, 0.25) is 0 Å². The number of rotatable bonds is 2. The molecule has 3 nitrogen and oxygen atoms in total. The molecule has 16 heavy (non-hydrogen) atoms. The number of hydrogen-bond donors (Lipinski definition) is 0. The normalized spacial score (nSPS) is 18.4. The summed E-state index contributed by atoms with van der Waals surface area (Å²) in [6, 6.07) is 3.99. The first-order valence-corrected chi connectivity index (χ1v) is 5.95. The molecule has 5 heteroatoms. The van der Waals surface area contributed by atoms with Crippen LogP contribution in [0.25, 0.3) is 0 Å². The summed E-state index contributed by atoms with van der Waals surface area (Å²) in [5, 5.41) is 7.81. The second-order valence-corrected chi connectivity index (χ2v) is 4.38. The molecular weight excluding hydrogens is 242 g/mol. The van der Waals surface area contributed by atoms with E-state index in [0.29, 0.717) is 11.0 Å². The monoisotopic (exact) mass is 251 g/mol. The Hall–Kier alpha value is -1.39. The van der Waals surface area contributed by atoms with Crippen molar-refractivity contribution in [2.75, 3.05) is 0 Å². The highest BCUT2D eigenvalue weighted by Gasteiger charge is 2.18. The van der Waals surface area contributed by atoms with Gasteiger partial charge in [-0.3, -0.25) is 0 Å². The van der Waals surface area contributed by atoms with Crippen molar-refractivity contribution in [1.82, 2.24) is 5.01 Å². The smallest absolute Gasteiger partial charge is 0.151 e. The molecule has 1 aromatic heterocycles. The summed E-state index contributed by atoms with van der Waals surface area (Å²) in [6.07, 6.45) is 3.63. The highest BCUT2D eigenvalue weighted by atomic mass is 35.5. The first-order chi connectivity index (χ1) is 7.76. The predicted molar refractivity (Wildman–Crippen MR) is 69.9 cm³/mol. The van der Waals surface area contributed by atoms with Crippen molar-refractivity contribution in [3.05, 3.63) is 45.5 Å². The lowest BCUT2D eigenvalue weighted by Crippen LogP contribution is -2.18. The van der Waals surface area contributed by atoms with Crippen LogP contribution in [0.3, 0.4) is 0 Å². The third-order valence-electron chi connectivity index (χ3n) is 2.08. The summed E-state index contributed by atoms with van der Waals surface area (Å²) < 4.78 is 0. The highest BCUT2D eigenvalue weighted by Crippen LogP contribution is 2.26. The molecule has 0 saturated heterocycles. The van der Waals surface area contributed by atoms with E-state index in [1.54, 1.807) is 17.4 Å². The fraction of sp³-hybridized carbons (Fsp3) is 0.0909. The van der Waals surface area contributed by atoms with Gasteiger partial charge < -0.3 is 0 Å². The Kier molecular flexibility index (Phi) is 3.22. The van der Waals surface area contributed by atoms with E-state index >= 15 is 0 Å². The van der Waals surface area contributed by atoms with E-state index in [1.807, 2.05) is 30.5 Å². The topological polar surface area (TPSA) is 28.0 Å². The summed E-state index contributed by atoms with van der Waals surface area (Å²) in [5.41, 5.74) is 0.855. The van der Waals surface area contributed by atoms with E-state index in [0.717, 1.165) is 10.6 Å². The number of aliphatic imine (C=N–C) groups is 1. The van der Waals surface area contributed by atoms with Crippen molar-refractivity contribution < 1.29 is 0 Å². The van der Waals surface area contributed by atoms with Crippen LogP contribution in [0.4, 0.5) is 0 Å². The number of allylic oxidation sites excluding steroid dienone is 2. The molecule has 0 atom stereocenters. The van der Waals surface area contributed by atoms with E-state index in [1.165, 1.54) is 5.01 Å². The second-order valence-electron chi connectivity index (χ2n) is 3.04. The van der Waals surface area contributed by atoms with Crippen LogP contribution in [-0.2, 0) is 0 Å². The Labute approximate surface area is 103 Å². The lowest BCUT2D eigenvalue weighted by molar-refractivity contribution is 0.478. The molecule has 0 N–H and O–H groups in total. The molecule has 0 radical (unpaired) electrons. The molecule has 0 bridgehead atoms. The van der Waals surface area contributed by atoms with Crippen molar-refractivity contribution in [3.63, 3.8) is 0 Å². The average Bonchev–Trinajstić information content (AvgIpc) is 2.81. The summed E-state index contributed by atoms with van der Waals surface area (Å²) in [6.45, 7) is 5.35. The van der Waals surface area contributed by atoms with Crippen LogP contribution in [0.15, 0.2) is 50.7 Å². The fourth-order valence-electron chi connectivity index (χ4n) is 1.36. The van der Waals surface area contributed by atoms with Gasteiger partial charge in [0.2, 0.25) is 0 Å². The minimum atomic E-state index is 0.501. The highest BCUT2D eigenvalue weighted by molar-refractivity contribution is 7.12. The van der Waals surface area contributed by atoms with Crippen molar-refractivity contribution in [1.29, 1.82) is 0 Å². The van der Waals surface area contributed by atoms with Gasteiger partial charge in [0.1, 0.15) is 5.16 Å². The fourth-order valence-corrected chi connectivity index (χ4v) is 2.29. The van der Waals surface area contributed by atoms with Crippen LogP contribution in [0, 0.1) is 0 Å². The Balaban J connectivity index is 2.44. The summed E-state index contributed by atoms with van der Waals surface area (Å²) in [4.78, 5) is 5.55. The van der Waals surface area contributed by atoms with Crippen molar-refractivity contribution >= 4 is 35.4 Å². The zero-order valence-corrected chi connectivity index (χ0v) is 10.3. The second kappa shape index (κ2) is 4.63. The van der Waals surface area contributed by atoms with Gasteiger partial charge in [-0.2, -0.15) is 5.10 Å². The van der Waals surface area contributed by atoms with Gasteiger partial charge in [-0.1, -0.05) is 17.7 Å². The van der Waals surface area contributed by atoms with Crippen LogP contribution in [0.5, 0.6) is 0 Å². The van der Waals surface area contributed by atoms with Gasteiger partial charge in [-0.15, -0.1) is 11.3 Å². The molecule has 2 heterocycles. The zero-order valence-electron chi connectivity index (χ0n) is 8.72. The lowest BCUT2D eigenvalue weighted by atomic mass is 10.2. The molecule has 1 aromatic rings. The first-order valence-electron chi connectivity index (χ1n) is 4.69. The molecule has 0 unspecified atom stereocenters. The Bertz CT molecular complexity index is 485. The molecule has 0 aromatic carbocycles. The van der Waals surface area contributed by atoms with Gasteiger partial charge in [0, 0.05) is 12.8 Å². The van der Waals surface area contributed by atoms with Gasteiger partial charge in [0.25, 0.3) is 0 Å². The van der Waals surface area contributed by atoms with E-state index in [9.17, 15) is 0 Å². The van der Waals surface area contributed by atoms with E-state index < -0.39 is 0 Å². The van der Waals surface area contributed by atoms with Gasteiger partial charge in [0.15, 0.2) is 5.82 Å². The Morgan fingerprint density at radius 1 is 1.62 bits per heavy atom. The SMILES string of the molecule is C=NN1C(Cl)=CC(c2cccs2)=N/C1=C/C. The van der Waals surface area contributed by atoms with Gasteiger partial charge in [0.05, 0.1) is 10.6 Å². The van der Waals surface area contributed by atoms with Crippen molar-refractivity contribution in [2.24, 2.45) is 10.1 Å². The Morgan fingerprint density at radius 3 is 3.00 bits per heavy atom. The molecule has 0 saturated carbocycles. The lowest BCUT2D eigenvalue weighted by Gasteiger charge is -2.21. The zero-order chi connectivity index (χ0) is 11.5. The maximum absolute atomic E-state index is 6.10. The maximum atomic E-state index is 6.10. The molecule has 0 fully saturated rings. The molecule has 0 amide bonds. The third-order valence-corrected chi connectivity index (χ3v) is 3.25. The van der Waals surface area contributed by atoms with Crippen LogP contribution in [-0.4, -0.2) is 17.4 Å². The summed E-state index contributed by atoms with van der Waals surface area (Å²) in [7, 11) is 0. The number of thiophene rings is 1. The van der Waals surface area contributed by atoms with E-state index in [2.05, 4.69) is 16.8 Å². The van der Waals surface area contributed by atoms with Crippen LogP contribution < -0.4 is 0 Å². The standard InChI is InChI=1S/C11H10ClN3S/c1-3-11-14-8(9-5-4-6-16-9)7-10(12)15(11)13-2/h3-7H,2H2,1H3/b11-3-. The number of nitrogens with zero attached hydrogens (tertiary/aromatic N) is 3. The average molecular weight is 252 g/mol. The quantitative estimate of drug-likeness (QED) is 0.585. The first kappa shape index (κ1) is 11.1. The van der Waals surface area contributed by atoms with Gasteiger partial charge >= 0.3 is 0 Å². The maximum Gasteiger partial charge on any atom is 0.151 e. The summed E-state index contributed by atoms with van der Waals surface area (Å²) in [5.74, 6) is 0.686. The largest absolute Gasteiger partial charge is 0.228 e. The third kappa shape index (κ3) is 1.94. The number of halogens is 1. The van der Waals surface area contributed by atoms with E-state index in [4.69, 9.17) is 11.6 Å². The molecule has 2 rings (SSSR count).